The fourth-order valence-electron chi connectivity index (χ4n) is 5.19. The lowest BCUT2D eigenvalue weighted by atomic mass is 9.85. The monoisotopic (exact) mass is 309 g/mol. The minimum absolute atomic E-state index is 0.00714. The Morgan fingerprint density at radius 2 is 1.61 bits per heavy atom. The molecule has 2 bridgehead atoms. The number of hydrogen-bond donors (Lipinski definition) is 0. The van der Waals surface area contributed by atoms with Gasteiger partial charge >= 0.3 is 0 Å². The summed E-state index contributed by atoms with van der Waals surface area (Å²) in [4.78, 5) is 27.3. The van der Waals surface area contributed by atoms with Crippen LogP contribution in [0.2, 0.25) is 0 Å². The van der Waals surface area contributed by atoms with Gasteiger partial charge in [0.15, 0.2) is 0 Å². The average Bonchev–Trinajstić information content (AvgIpc) is 3.15. The number of carbonyl (C=O) groups is 2. The molecule has 0 aromatic heterocycles. The Morgan fingerprint density at radius 3 is 2.09 bits per heavy atom. The Labute approximate surface area is 135 Å². The molecular formula is C19H19NO3. The highest BCUT2D eigenvalue weighted by atomic mass is 16.5. The van der Waals surface area contributed by atoms with Crippen LogP contribution in [0.3, 0.4) is 0 Å². The lowest BCUT2D eigenvalue weighted by Gasteiger charge is -2.21. The van der Waals surface area contributed by atoms with Gasteiger partial charge in [-0.25, -0.2) is 0 Å². The van der Waals surface area contributed by atoms with Gasteiger partial charge in [0.1, 0.15) is 5.75 Å². The highest BCUT2D eigenvalue weighted by Gasteiger charge is 2.73. The molecule has 1 spiro atoms. The fourth-order valence-corrected chi connectivity index (χ4v) is 5.19. The van der Waals surface area contributed by atoms with Crippen LogP contribution in [-0.2, 0) is 9.59 Å². The molecule has 23 heavy (non-hydrogen) atoms. The molecule has 4 nitrogen and oxygen atoms in total. The molecule has 0 unspecified atom stereocenters. The summed E-state index contributed by atoms with van der Waals surface area (Å²) in [5.74, 6) is 1.04. The second-order valence-electron chi connectivity index (χ2n) is 7.16. The third-order valence-corrected chi connectivity index (χ3v) is 6.26. The summed E-state index contributed by atoms with van der Waals surface area (Å²) in [7, 11) is 0. The second-order valence-corrected chi connectivity index (χ2v) is 7.16. The van der Waals surface area contributed by atoms with Crippen molar-refractivity contribution >= 4 is 17.5 Å². The molecule has 1 heterocycles. The van der Waals surface area contributed by atoms with Gasteiger partial charge in [0.25, 0.3) is 0 Å². The van der Waals surface area contributed by atoms with E-state index in [0.29, 0.717) is 12.3 Å². The molecule has 5 rings (SSSR count). The van der Waals surface area contributed by atoms with Crippen molar-refractivity contribution in [1.29, 1.82) is 0 Å². The first kappa shape index (κ1) is 13.3. The van der Waals surface area contributed by atoms with Crippen LogP contribution < -0.4 is 9.64 Å². The molecule has 118 valence electrons. The third-order valence-electron chi connectivity index (χ3n) is 6.26. The van der Waals surface area contributed by atoms with Gasteiger partial charge < -0.3 is 4.74 Å². The number of fused-ring (bicyclic) bond motifs is 3. The van der Waals surface area contributed by atoms with Gasteiger partial charge in [-0.2, -0.15) is 0 Å². The van der Waals surface area contributed by atoms with E-state index in [4.69, 9.17) is 4.74 Å². The van der Waals surface area contributed by atoms with E-state index in [1.165, 1.54) is 17.7 Å². The van der Waals surface area contributed by atoms with E-state index in [1.54, 1.807) is 0 Å². The van der Waals surface area contributed by atoms with E-state index in [9.17, 15) is 9.59 Å². The molecule has 0 N–H and O–H groups in total. The van der Waals surface area contributed by atoms with Crippen molar-refractivity contribution in [2.45, 2.75) is 19.8 Å². The van der Waals surface area contributed by atoms with Crippen molar-refractivity contribution in [3.05, 3.63) is 36.4 Å². The Kier molecular flexibility index (Phi) is 2.47. The number of nitrogens with zero attached hydrogens (tertiary/aromatic N) is 1. The largest absolute Gasteiger partial charge is 0.494 e. The Morgan fingerprint density at radius 1 is 1.04 bits per heavy atom. The molecular weight excluding hydrogens is 290 g/mol. The summed E-state index contributed by atoms with van der Waals surface area (Å²) in [6, 6.07) is 7.26. The minimum atomic E-state index is -0.133. The van der Waals surface area contributed by atoms with Gasteiger partial charge in [0, 0.05) is 0 Å². The molecule has 2 saturated carbocycles. The first-order chi connectivity index (χ1) is 11.2. The molecule has 3 fully saturated rings. The minimum Gasteiger partial charge on any atom is -0.494 e. The van der Waals surface area contributed by atoms with Gasteiger partial charge in [-0.15, -0.1) is 0 Å². The van der Waals surface area contributed by atoms with Crippen LogP contribution in [0.25, 0.3) is 0 Å². The van der Waals surface area contributed by atoms with Gasteiger partial charge in [0.2, 0.25) is 11.8 Å². The van der Waals surface area contributed by atoms with E-state index < -0.39 is 0 Å². The Balaban J connectivity index is 1.48. The number of allylic oxidation sites excluding steroid dienone is 2. The number of anilines is 1. The summed E-state index contributed by atoms with van der Waals surface area (Å²) in [6.07, 6.45) is 6.75. The van der Waals surface area contributed by atoms with Crippen molar-refractivity contribution in [1.82, 2.24) is 0 Å². The maximum atomic E-state index is 13.0. The van der Waals surface area contributed by atoms with Crippen LogP contribution in [-0.4, -0.2) is 18.4 Å². The summed E-state index contributed by atoms with van der Waals surface area (Å²) in [6.45, 7) is 2.53. The fraction of sp³-hybridized carbons (Fsp3) is 0.474. The number of imide groups is 1. The van der Waals surface area contributed by atoms with E-state index in [2.05, 4.69) is 12.2 Å². The smallest absolute Gasteiger partial charge is 0.238 e. The molecule has 1 aromatic rings. The van der Waals surface area contributed by atoms with Crippen molar-refractivity contribution < 1.29 is 14.3 Å². The molecule has 0 radical (unpaired) electrons. The summed E-state index contributed by atoms with van der Waals surface area (Å²) >= 11 is 0. The number of benzene rings is 1. The van der Waals surface area contributed by atoms with Gasteiger partial charge in [-0.3, -0.25) is 14.5 Å². The standard InChI is InChI=1S/C19H19NO3/c1-2-23-12-5-3-11(4-6-12)20-17(21)15-13-7-8-14(16(15)18(20)22)19(13)9-10-19/h3-8,13-16H,2,9-10H2,1H3/t13-,14-,15-,16+/m0/s1. The zero-order valence-corrected chi connectivity index (χ0v) is 13.1. The van der Waals surface area contributed by atoms with Crippen molar-refractivity contribution in [3.63, 3.8) is 0 Å². The van der Waals surface area contributed by atoms with Crippen molar-refractivity contribution in [2.24, 2.45) is 29.1 Å². The molecule has 1 aromatic carbocycles. The highest BCUT2D eigenvalue weighted by Crippen LogP contribution is 2.73. The van der Waals surface area contributed by atoms with E-state index in [-0.39, 0.29) is 40.9 Å². The molecule has 1 saturated heterocycles. The zero-order valence-electron chi connectivity index (χ0n) is 13.1. The number of amides is 2. The Bertz CT molecular complexity index is 697. The maximum Gasteiger partial charge on any atom is 0.238 e. The summed E-state index contributed by atoms with van der Waals surface area (Å²) < 4.78 is 5.43. The van der Waals surface area contributed by atoms with Gasteiger partial charge in [0.05, 0.1) is 24.1 Å². The second kappa shape index (κ2) is 4.25. The molecule has 3 aliphatic carbocycles. The van der Waals surface area contributed by atoms with Crippen molar-refractivity contribution in [2.75, 3.05) is 11.5 Å². The SMILES string of the molecule is CCOc1ccc(N2C(=O)[C@@H]3[C@H](C2=O)[C@@H]2C=C[C@@H]3C23CC3)cc1. The molecule has 2 amide bonds. The maximum absolute atomic E-state index is 13.0. The number of hydrogen-bond acceptors (Lipinski definition) is 3. The number of carbonyl (C=O) groups excluding carboxylic acids is 2. The summed E-state index contributed by atoms with van der Waals surface area (Å²) in [5, 5.41) is 0. The van der Waals surface area contributed by atoms with E-state index in [1.807, 2.05) is 31.2 Å². The molecule has 1 aliphatic heterocycles. The van der Waals surface area contributed by atoms with E-state index in [0.717, 1.165) is 5.75 Å². The van der Waals surface area contributed by atoms with Gasteiger partial charge in [-0.05, 0) is 61.3 Å². The molecule has 4 atom stereocenters. The normalized spacial score (nSPS) is 35.3. The summed E-state index contributed by atoms with van der Waals surface area (Å²) in [5.41, 5.74) is 0.924. The predicted octanol–water partition coefficient (Wildman–Crippen LogP) is 2.79. The third kappa shape index (κ3) is 1.51. The van der Waals surface area contributed by atoms with Crippen LogP contribution in [0.5, 0.6) is 5.75 Å². The Hall–Kier alpha value is -2.10. The van der Waals surface area contributed by atoms with Crippen molar-refractivity contribution in [3.8, 4) is 5.75 Å². The first-order valence-electron chi connectivity index (χ1n) is 8.46. The topological polar surface area (TPSA) is 46.6 Å². The highest BCUT2D eigenvalue weighted by molar-refractivity contribution is 6.23. The lowest BCUT2D eigenvalue weighted by molar-refractivity contribution is -0.123. The first-order valence-corrected chi connectivity index (χ1v) is 8.46. The zero-order chi connectivity index (χ0) is 15.8. The van der Waals surface area contributed by atoms with E-state index >= 15 is 0 Å². The molecule has 4 heteroatoms. The van der Waals surface area contributed by atoms with Gasteiger partial charge in [-0.1, -0.05) is 12.2 Å². The van der Waals surface area contributed by atoms with Crippen LogP contribution in [0.1, 0.15) is 19.8 Å². The lowest BCUT2D eigenvalue weighted by Crippen LogP contribution is -2.34. The van der Waals surface area contributed by atoms with Crippen LogP contribution in [0.4, 0.5) is 5.69 Å². The van der Waals surface area contributed by atoms with Crippen LogP contribution >= 0.6 is 0 Å². The average molecular weight is 309 g/mol. The molecule has 4 aliphatic rings. The number of ether oxygens (including phenoxy) is 1. The van der Waals surface area contributed by atoms with Crippen LogP contribution in [0, 0.1) is 29.1 Å². The number of rotatable bonds is 3. The van der Waals surface area contributed by atoms with Crippen LogP contribution in [0.15, 0.2) is 36.4 Å². The predicted molar refractivity (Wildman–Crippen MR) is 84.9 cm³/mol. The quantitative estimate of drug-likeness (QED) is 0.637.